The van der Waals surface area contributed by atoms with Crippen LogP contribution in [0.15, 0.2) is 24.5 Å². The maximum atomic E-state index is 11.0. The summed E-state index contributed by atoms with van der Waals surface area (Å²) in [6, 6.07) is 0. The van der Waals surface area contributed by atoms with Crippen molar-refractivity contribution in [3.8, 4) is 0 Å². The van der Waals surface area contributed by atoms with Gasteiger partial charge in [0.1, 0.15) is 0 Å². The highest BCUT2D eigenvalue weighted by atomic mass is 16.5. The molecule has 0 aliphatic rings. The second-order valence-electron chi connectivity index (χ2n) is 11.5. The van der Waals surface area contributed by atoms with Crippen LogP contribution in [-0.2, 0) is 14.3 Å². The smallest absolute Gasteiger partial charge is 0.330 e. The van der Waals surface area contributed by atoms with Crippen molar-refractivity contribution < 1.29 is 19.4 Å². The Balaban J connectivity index is 0. The number of hydrogen-bond donors (Lipinski definition) is 1. The van der Waals surface area contributed by atoms with E-state index in [9.17, 15) is 9.59 Å². The maximum Gasteiger partial charge on any atom is 0.330 e. The fourth-order valence-electron chi connectivity index (χ4n) is 4.83. The van der Waals surface area contributed by atoms with Crippen molar-refractivity contribution in [2.75, 3.05) is 0 Å². The molecule has 0 bridgehead atoms. The van der Waals surface area contributed by atoms with Crippen LogP contribution in [0.25, 0.3) is 0 Å². The lowest BCUT2D eigenvalue weighted by Gasteiger charge is -2.03. The molecule has 0 aliphatic heterocycles. The molecule has 0 rings (SSSR count). The zero-order valence-corrected chi connectivity index (χ0v) is 27.1. The van der Waals surface area contributed by atoms with Gasteiger partial charge >= 0.3 is 11.9 Å². The standard InChI is InChI=1S/C22H42O2.C14H26O2/c1-3-4-5-6-7-8-9-10-11-12-13-14-15-16-17-18-19-20-21(2)22(23)24;1-3-5-6-7-8-9-10-11-12-13-14(15)16-4-2/h20H,3-19H2,1-2H3,(H,23,24);4H,2-3,5-13H2,1H3. The second-order valence-corrected chi connectivity index (χ2v) is 11.5. The minimum atomic E-state index is -0.786. The van der Waals surface area contributed by atoms with Crippen LogP contribution in [0.5, 0.6) is 0 Å². The minimum Gasteiger partial charge on any atom is -0.478 e. The fourth-order valence-corrected chi connectivity index (χ4v) is 4.83. The van der Waals surface area contributed by atoms with E-state index in [0.29, 0.717) is 12.0 Å². The van der Waals surface area contributed by atoms with Gasteiger partial charge in [0.2, 0.25) is 0 Å². The Kier molecular flexibility index (Phi) is 35.9. The van der Waals surface area contributed by atoms with Crippen LogP contribution in [0, 0.1) is 0 Å². The highest BCUT2D eigenvalue weighted by Crippen LogP contribution is 2.14. The molecule has 1 N–H and O–H groups in total. The van der Waals surface area contributed by atoms with E-state index >= 15 is 0 Å². The van der Waals surface area contributed by atoms with Crippen molar-refractivity contribution in [1.29, 1.82) is 0 Å². The molecule has 0 unspecified atom stereocenters. The number of carbonyl (C=O) groups is 2. The summed E-state index contributed by atoms with van der Waals surface area (Å²) in [6.45, 7) is 9.54. The number of ether oxygens (including phenoxy) is 1. The SMILES string of the molecule is C=COC(=O)CCCCCCCCCCC.CCCCCCCCCCCCCCCCCCC=C(C)C(=O)O. The Labute approximate surface area is 249 Å². The summed E-state index contributed by atoms with van der Waals surface area (Å²) in [5, 5.41) is 8.75. The zero-order valence-electron chi connectivity index (χ0n) is 27.1. The van der Waals surface area contributed by atoms with E-state index in [4.69, 9.17) is 5.11 Å². The Hall–Kier alpha value is -1.58. The first-order valence-corrected chi connectivity index (χ1v) is 17.2. The van der Waals surface area contributed by atoms with Gasteiger partial charge in [-0.2, -0.15) is 0 Å². The average molecular weight is 565 g/mol. The molecule has 4 nitrogen and oxygen atoms in total. The number of carboxylic acid groups (broad SMARTS) is 1. The first-order valence-electron chi connectivity index (χ1n) is 17.2. The van der Waals surface area contributed by atoms with Crippen molar-refractivity contribution in [2.45, 2.75) is 194 Å². The van der Waals surface area contributed by atoms with Crippen molar-refractivity contribution >= 4 is 11.9 Å². The van der Waals surface area contributed by atoms with Crippen LogP contribution in [0.3, 0.4) is 0 Å². The molecule has 0 aromatic rings. The predicted molar refractivity (Wildman–Crippen MR) is 174 cm³/mol. The Morgan fingerprint density at radius 1 is 0.575 bits per heavy atom. The van der Waals surface area contributed by atoms with E-state index in [-0.39, 0.29) is 5.97 Å². The van der Waals surface area contributed by atoms with E-state index < -0.39 is 5.97 Å². The van der Waals surface area contributed by atoms with Crippen LogP contribution in [0.2, 0.25) is 0 Å². The molecule has 0 fully saturated rings. The second kappa shape index (κ2) is 35.4. The summed E-state index contributed by atoms with van der Waals surface area (Å²) >= 11 is 0. The number of rotatable bonds is 29. The van der Waals surface area contributed by atoms with E-state index in [0.717, 1.165) is 25.7 Å². The summed E-state index contributed by atoms with van der Waals surface area (Å²) in [4.78, 5) is 21.6. The summed E-state index contributed by atoms with van der Waals surface area (Å²) in [6.07, 6.45) is 37.9. The summed E-state index contributed by atoms with van der Waals surface area (Å²) in [5.41, 5.74) is 0.482. The van der Waals surface area contributed by atoms with Crippen molar-refractivity contribution in [1.82, 2.24) is 0 Å². The molecule has 0 saturated heterocycles. The summed E-state index contributed by atoms with van der Waals surface area (Å²) < 4.78 is 4.64. The van der Waals surface area contributed by atoms with Crippen LogP contribution in [0.1, 0.15) is 194 Å². The van der Waals surface area contributed by atoms with E-state index in [1.807, 2.05) is 6.08 Å². The third kappa shape index (κ3) is 36.4. The first-order chi connectivity index (χ1) is 19.5. The van der Waals surface area contributed by atoms with Gasteiger partial charge in [0.15, 0.2) is 0 Å². The highest BCUT2D eigenvalue weighted by molar-refractivity contribution is 5.85. The largest absolute Gasteiger partial charge is 0.478 e. The van der Waals surface area contributed by atoms with Crippen molar-refractivity contribution in [2.24, 2.45) is 0 Å². The summed E-state index contributed by atoms with van der Waals surface area (Å²) in [5.74, 6) is -0.940. The molecule has 0 aliphatic carbocycles. The molecule has 0 aromatic heterocycles. The first kappa shape index (κ1) is 40.6. The Morgan fingerprint density at radius 2 is 0.900 bits per heavy atom. The van der Waals surface area contributed by atoms with E-state index in [2.05, 4.69) is 25.2 Å². The van der Waals surface area contributed by atoms with Crippen LogP contribution in [0.4, 0.5) is 0 Å². The van der Waals surface area contributed by atoms with Gasteiger partial charge in [-0.1, -0.05) is 174 Å². The van der Waals surface area contributed by atoms with Gasteiger partial charge in [0, 0.05) is 12.0 Å². The van der Waals surface area contributed by atoms with Gasteiger partial charge in [-0.3, -0.25) is 4.79 Å². The number of unbranched alkanes of at least 4 members (excludes halogenated alkanes) is 24. The molecule has 0 spiro atoms. The lowest BCUT2D eigenvalue weighted by molar-refractivity contribution is -0.138. The zero-order chi connectivity index (χ0) is 29.9. The lowest BCUT2D eigenvalue weighted by atomic mass is 10.0. The number of carbonyl (C=O) groups excluding carboxylic acids is 1. The molecule has 236 valence electrons. The van der Waals surface area contributed by atoms with Gasteiger partial charge < -0.3 is 9.84 Å². The molecule has 0 radical (unpaired) electrons. The topological polar surface area (TPSA) is 63.6 Å². The van der Waals surface area contributed by atoms with Gasteiger partial charge in [0.05, 0.1) is 6.26 Å². The number of carboxylic acids is 1. The lowest BCUT2D eigenvalue weighted by Crippen LogP contribution is -1.98. The predicted octanol–water partition coefficient (Wildman–Crippen LogP) is 12.3. The molecule has 0 saturated carbocycles. The molecule has 0 amide bonds. The Bertz CT molecular complexity index is 581. The van der Waals surface area contributed by atoms with Gasteiger partial charge in [0.25, 0.3) is 0 Å². The maximum absolute atomic E-state index is 11.0. The summed E-state index contributed by atoms with van der Waals surface area (Å²) in [7, 11) is 0. The van der Waals surface area contributed by atoms with Gasteiger partial charge in [-0.15, -0.1) is 0 Å². The quantitative estimate of drug-likeness (QED) is 0.0424. The average Bonchev–Trinajstić information content (AvgIpc) is 2.94. The molecule has 4 heteroatoms. The van der Waals surface area contributed by atoms with E-state index in [1.54, 1.807) is 6.92 Å². The number of allylic oxidation sites excluding steroid dienone is 1. The normalized spacial score (nSPS) is 11.1. The highest BCUT2D eigenvalue weighted by Gasteiger charge is 2.00. The molecule has 0 aromatic carbocycles. The van der Waals surface area contributed by atoms with Crippen molar-refractivity contribution in [3.05, 3.63) is 24.5 Å². The van der Waals surface area contributed by atoms with Crippen molar-refractivity contribution in [3.63, 3.8) is 0 Å². The van der Waals surface area contributed by atoms with Gasteiger partial charge in [-0.25, -0.2) is 4.79 Å². The Morgan fingerprint density at radius 3 is 1.23 bits per heavy atom. The number of hydrogen-bond acceptors (Lipinski definition) is 3. The molecular formula is C36H68O4. The molecular weight excluding hydrogens is 496 g/mol. The third-order valence-electron chi connectivity index (χ3n) is 7.54. The monoisotopic (exact) mass is 565 g/mol. The van der Waals surface area contributed by atoms with Crippen LogP contribution in [-0.4, -0.2) is 17.0 Å². The van der Waals surface area contributed by atoms with Crippen LogP contribution < -0.4 is 0 Å². The van der Waals surface area contributed by atoms with E-state index in [1.165, 1.54) is 148 Å². The number of esters is 1. The molecule has 0 atom stereocenters. The van der Waals surface area contributed by atoms with Crippen LogP contribution >= 0.6 is 0 Å². The fraction of sp³-hybridized carbons (Fsp3) is 0.833. The van der Waals surface area contributed by atoms with Gasteiger partial charge in [-0.05, 0) is 26.2 Å². The molecule has 0 heterocycles. The third-order valence-corrected chi connectivity index (χ3v) is 7.54. The minimum absolute atomic E-state index is 0.155. The number of aliphatic carboxylic acids is 1. The molecule has 40 heavy (non-hydrogen) atoms.